The quantitative estimate of drug-likeness (QED) is 0.271. The van der Waals surface area contributed by atoms with E-state index in [1.54, 1.807) is 0 Å². The molecule has 6 nitrogen and oxygen atoms in total. The molecule has 0 heterocycles. The number of aliphatic hydroxyl groups excluding tert-OH is 1. The van der Waals surface area contributed by atoms with Crippen LogP contribution in [0.25, 0.3) is 0 Å². The van der Waals surface area contributed by atoms with Crippen molar-refractivity contribution in [3.05, 3.63) is 69.8 Å². The van der Waals surface area contributed by atoms with E-state index in [4.69, 9.17) is 0 Å². The Bertz CT molecular complexity index is 1600. The largest absolute Gasteiger partial charge is 0.394 e. The van der Waals surface area contributed by atoms with Crippen molar-refractivity contribution in [1.29, 1.82) is 0 Å². The third-order valence-corrected chi connectivity index (χ3v) is 13.7. The number of benzene rings is 2. The van der Waals surface area contributed by atoms with Crippen LogP contribution in [0, 0.1) is 29.6 Å². The molecule has 0 saturated heterocycles. The molecule has 0 unspecified atom stereocenters. The molecular formula is C42H58N2O4. The number of amides is 2. The summed E-state index contributed by atoms with van der Waals surface area (Å²) in [6.45, 7) is 14.8. The van der Waals surface area contributed by atoms with Gasteiger partial charge in [-0.3, -0.25) is 19.7 Å². The minimum Gasteiger partial charge on any atom is -0.394 e. The summed E-state index contributed by atoms with van der Waals surface area (Å²) in [6, 6.07) is 12.8. The van der Waals surface area contributed by atoms with Gasteiger partial charge in [0.1, 0.15) is 0 Å². The lowest BCUT2D eigenvalue weighted by molar-refractivity contribution is -0.150. The highest BCUT2D eigenvalue weighted by atomic mass is 16.3. The van der Waals surface area contributed by atoms with E-state index in [0.717, 1.165) is 69.8 Å². The van der Waals surface area contributed by atoms with Gasteiger partial charge in [0, 0.05) is 12.5 Å². The third-order valence-electron chi connectivity index (χ3n) is 13.7. The zero-order valence-corrected chi connectivity index (χ0v) is 30.4. The van der Waals surface area contributed by atoms with Crippen LogP contribution in [0.3, 0.4) is 0 Å². The fourth-order valence-corrected chi connectivity index (χ4v) is 11.1. The van der Waals surface area contributed by atoms with Crippen molar-refractivity contribution in [2.24, 2.45) is 22.7 Å². The van der Waals surface area contributed by atoms with E-state index in [9.17, 15) is 19.5 Å². The maximum atomic E-state index is 14.5. The Morgan fingerprint density at radius 1 is 0.792 bits per heavy atom. The molecule has 2 saturated carbocycles. The highest BCUT2D eigenvalue weighted by molar-refractivity contribution is 6.01. The van der Waals surface area contributed by atoms with Gasteiger partial charge >= 0.3 is 0 Å². The second-order valence-corrected chi connectivity index (χ2v) is 17.2. The lowest BCUT2D eigenvalue weighted by Gasteiger charge is -2.56. The van der Waals surface area contributed by atoms with Gasteiger partial charge in [-0.15, -0.1) is 0 Å². The summed E-state index contributed by atoms with van der Waals surface area (Å²) in [5.74, 6) is 0.0719. The fraction of sp³-hybridized carbons (Fsp3) is 0.643. The predicted molar refractivity (Wildman–Crippen MR) is 191 cm³/mol. The molecule has 0 spiro atoms. The monoisotopic (exact) mass is 654 g/mol. The molecule has 48 heavy (non-hydrogen) atoms. The van der Waals surface area contributed by atoms with Crippen molar-refractivity contribution >= 4 is 17.6 Å². The number of carbonyl (C=O) groups excluding carboxylic acids is 3. The number of Topliss-reactive ketones (excluding diaryl/α,β-unsaturated/α-hetero) is 1. The molecule has 2 aromatic rings. The second kappa shape index (κ2) is 12.8. The zero-order chi connectivity index (χ0) is 34.6. The number of hydrogen-bond acceptors (Lipinski definition) is 5. The number of rotatable bonds is 8. The van der Waals surface area contributed by atoms with Crippen LogP contribution >= 0.6 is 0 Å². The lowest BCUT2D eigenvalue weighted by atomic mass is 9.49. The third kappa shape index (κ3) is 5.79. The number of carbonyl (C=O) groups is 3. The summed E-state index contributed by atoms with van der Waals surface area (Å²) in [7, 11) is 0. The Hall–Kier alpha value is -2.83. The molecule has 3 N–H and O–H groups in total. The van der Waals surface area contributed by atoms with Crippen LogP contribution in [0.15, 0.2) is 36.4 Å². The molecule has 0 aliphatic heterocycles. The maximum Gasteiger partial charge on any atom is 0.232 e. The Morgan fingerprint density at radius 3 is 1.83 bits per heavy atom. The Kier molecular flexibility index (Phi) is 9.34. The minimum absolute atomic E-state index is 0.0149. The summed E-state index contributed by atoms with van der Waals surface area (Å²) in [6.07, 6.45) is 9.50. The first kappa shape index (κ1) is 35.0. The number of ketones is 1. The van der Waals surface area contributed by atoms with E-state index < -0.39 is 16.9 Å². The Morgan fingerprint density at radius 2 is 1.31 bits per heavy atom. The van der Waals surface area contributed by atoms with Gasteiger partial charge in [0.2, 0.25) is 11.8 Å². The number of aliphatic hydroxyl groups is 1. The summed E-state index contributed by atoms with van der Waals surface area (Å²) in [5.41, 5.74) is 6.01. The standard InChI is InChI=1S/C42H58N2O4/c1-26(2)43-33(25-45)34(46)24-28-11-13-30-15-17-36-40(5,32(30)23-28)19-9-21-42(36,7)38(48)44-37(47)41(6)20-8-18-39(4)31-22-27(3)10-12-29(31)14-16-35(39)41/h10-13,22-23,26,33,35-36,43,45H,8-9,14-21,24-25H2,1-7H3,(H,44,47,48)/t33-,35+,36+,39+,40+,41-,42-/m0/s1. The summed E-state index contributed by atoms with van der Waals surface area (Å²) >= 11 is 0. The highest BCUT2D eigenvalue weighted by Crippen LogP contribution is 2.59. The molecule has 0 radical (unpaired) electrons. The van der Waals surface area contributed by atoms with Crippen molar-refractivity contribution in [3.8, 4) is 0 Å². The molecular weight excluding hydrogens is 596 g/mol. The second-order valence-electron chi connectivity index (χ2n) is 17.2. The van der Waals surface area contributed by atoms with E-state index in [0.29, 0.717) is 0 Å². The Balaban J connectivity index is 1.23. The topological polar surface area (TPSA) is 95.5 Å². The fourth-order valence-electron chi connectivity index (χ4n) is 11.1. The zero-order valence-electron chi connectivity index (χ0n) is 30.4. The number of fused-ring (bicyclic) bond motifs is 6. The van der Waals surface area contributed by atoms with Gasteiger partial charge in [-0.1, -0.05) is 96.3 Å². The highest BCUT2D eigenvalue weighted by Gasteiger charge is 2.58. The number of hydrogen-bond donors (Lipinski definition) is 3. The molecule has 4 aliphatic carbocycles. The number of nitrogens with one attached hydrogen (secondary N) is 2. The predicted octanol–water partition coefficient (Wildman–Crippen LogP) is 6.83. The molecule has 0 aromatic heterocycles. The summed E-state index contributed by atoms with van der Waals surface area (Å²) in [4.78, 5) is 42.1. The van der Waals surface area contributed by atoms with Crippen LogP contribution in [0.4, 0.5) is 0 Å². The summed E-state index contributed by atoms with van der Waals surface area (Å²) < 4.78 is 0. The van der Waals surface area contributed by atoms with E-state index in [-0.39, 0.29) is 59.3 Å². The van der Waals surface area contributed by atoms with Crippen LogP contribution < -0.4 is 10.6 Å². The van der Waals surface area contributed by atoms with Crippen LogP contribution in [0.1, 0.15) is 126 Å². The molecule has 0 bridgehead atoms. The molecule has 2 aromatic carbocycles. The first-order chi connectivity index (χ1) is 22.7. The van der Waals surface area contributed by atoms with Crippen molar-refractivity contribution in [1.82, 2.24) is 10.6 Å². The number of aryl methyl sites for hydroxylation is 3. The molecule has 2 amide bonds. The van der Waals surface area contributed by atoms with Crippen LogP contribution in [-0.4, -0.2) is 41.4 Å². The van der Waals surface area contributed by atoms with Crippen molar-refractivity contribution in [3.63, 3.8) is 0 Å². The van der Waals surface area contributed by atoms with Crippen molar-refractivity contribution < 1.29 is 19.5 Å². The molecule has 7 atom stereocenters. The van der Waals surface area contributed by atoms with Crippen molar-refractivity contribution in [2.45, 2.75) is 142 Å². The maximum absolute atomic E-state index is 14.5. The van der Waals surface area contributed by atoms with Gasteiger partial charge in [0.15, 0.2) is 5.78 Å². The lowest BCUT2D eigenvalue weighted by Crippen LogP contribution is -2.60. The first-order valence-corrected chi connectivity index (χ1v) is 18.6. The number of imide groups is 1. The molecule has 4 aliphatic rings. The SMILES string of the molecule is Cc1ccc2c(c1)[C@@]1(C)CCC[C@](C)(C(=O)NC(=O)[C@@]3(C)CCC[C@]4(C)c5cc(CC(=O)[C@H](CO)NC(C)C)ccc5CC[C@@H]34)[C@@H]1CC2. The van der Waals surface area contributed by atoms with Gasteiger partial charge in [0.25, 0.3) is 0 Å². The van der Waals surface area contributed by atoms with E-state index >= 15 is 0 Å². The average molecular weight is 655 g/mol. The smallest absolute Gasteiger partial charge is 0.232 e. The molecule has 6 rings (SSSR count). The summed E-state index contributed by atoms with van der Waals surface area (Å²) in [5, 5.41) is 16.1. The normalized spacial score (nSPS) is 33.1. The molecule has 6 heteroatoms. The average Bonchev–Trinajstić information content (AvgIpc) is 3.03. The van der Waals surface area contributed by atoms with Gasteiger partial charge in [-0.2, -0.15) is 0 Å². The van der Waals surface area contributed by atoms with E-state index in [1.165, 1.54) is 27.8 Å². The Labute approximate surface area is 288 Å². The molecule has 2 fully saturated rings. The molecule has 260 valence electrons. The van der Waals surface area contributed by atoms with E-state index in [2.05, 4.69) is 81.7 Å². The van der Waals surface area contributed by atoms with Gasteiger partial charge in [0.05, 0.1) is 23.5 Å². The van der Waals surface area contributed by atoms with Gasteiger partial charge in [-0.05, 0) is 109 Å². The van der Waals surface area contributed by atoms with Crippen molar-refractivity contribution in [2.75, 3.05) is 6.61 Å². The van der Waals surface area contributed by atoms with E-state index in [1.807, 2.05) is 13.8 Å². The van der Waals surface area contributed by atoms with Crippen LogP contribution in [-0.2, 0) is 44.5 Å². The van der Waals surface area contributed by atoms with Gasteiger partial charge < -0.3 is 10.4 Å². The van der Waals surface area contributed by atoms with Crippen LogP contribution in [0.5, 0.6) is 0 Å². The van der Waals surface area contributed by atoms with Crippen LogP contribution in [0.2, 0.25) is 0 Å². The first-order valence-electron chi connectivity index (χ1n) is 18.6. The van der Waals surface area contributed by atoms with Gasteiger partial charge in [-0.25, -0.2) is 0 Å². The minimum atomic E-state index is -0.667.